The average Bonchev–Trinajstić information content (AvgIpc) is 2.03. The molecule has 11 heavy (non-hydrogen) atoms. The van der Waals surface area contributed by atoms with Gasteiger partial charge in [0, 0.05) is 5.69 Å². The van der Waals surface area contributed by atoms with Gasteiger partial charge in [-0.05, 0) is 18.4 Å². The van der Waals surface area contributed by atoms with Gasteiger partial charge in [-0.15, -0.1) is 0 Å². The first-order valence-electron chi connectivity index (χ1n) is 3.71. The summed E-state index contributed by atoms with van der Waals surface area (Å²) in [4.78, 5) is 7.93. The Morgan fingerprint density at radius 2 is 2.27 bits per heavy atom. The molecule has 0 amide bonds. The van der Waals surface area contributed by atoms with Crippen LogP contribution in [0.3, 0.4) is 0 Å². The lowest BCUT2D eigenvalue weighted by Crippen LogP contribution is -1.95. The third-order valence-electron chi connectivity index (χ3n) is 1.77. The van der Waals surface area contributed by atoms with Crippen LogP contribution in [0.2, 0.25) is 5.15 Å². The zero-order valence-electron chi connectivity index (χ0n) is 6.71. The molecule has 0 unspecified atom stereocenters. The Hall–Kier alpha value is -0.630. The van der Waals surface area contributed by atoms with Crippen molar-refractivity contribution in [3.8, 4) is 0 Å². The van der Waals surface area contributed by atoms with E-state index in [1.165, 1.54) is 6.33 Å². The van der Waals surface area contributed by atoms with Crippen molar-refractivity contribution in [1.82, 2.24) is 9.97 Å². The lowest BCUT2D eigenvalue weighted by atomic mass is 10.1. The molecule has 0 bridgehead atoms. The Morgan fingerprint density at radius 3 is 2.82 bits per heavy atom. The highest BCUT2D eigenvalue weighted by molar-refractivity contribution is 6.29. The van der Waals surface area contributed by atoms with E-state index in [2.05, 4.69) is 23.8 Å². The van der Waals surface area contributed by atoms with Gasteiger partial charge < -0.3 is 0 Å². The Labute approximate surface area is 71.6 Å². The molecule has 0 aromatic carbocycles. The molecule has 3 heteroatoms. The summed E-state index contributed by atoms with van der Waals surface area (Å²) in [6.45, 7) is 4.25. The summed E-state index contributed by atoms with van der Waals surface area (Å²) in [5, 5.41) is 0.523. The van der Waals surface area contributed by atoms with Crippen molar-refractivity contribution in [2.45, 2.75) is 26.2 Å². The van der Waals surface area contributed by atoms with Gasteiger partial charge in [0.15, 0.2) is 0 Å². The fourth-order valence-corrected chi connectivity index (χ4v) is 0.981. The van der Waals surface area contributed by atoms with E-state index in [1.54, 1.807) is 0 Å². The molecular formula is C8H11ClN2. The van der Waals surface area contributed by atoms with Crippen molar-refractivity contribution in [3.63, 3.8) is 0 Å². The van der Waals surface area contributed by atoms with Crippen LogP contribution in [-0.4, -0.2) is 9.97 Å². The minimum absolute atomic E-state index is 0.468. The van der Waals surface area contributed by atoms with Crippen LogP contribution in [0.4, 0.5) is 0 Å². The summed E-state index contributed by atoms with van der Waals surface area (Å²) in [5.41, 5.74) is 1.02. The van der Waals surface area contributed by atoms with Crippen LogP contribution >= 0.6 is 11.6 Å². The van der Waals surface area contributed by atoms with E-state index in [9.17, 15) is 0 Å². The highest BCUT2D eigenvalue weighted by Gasteiger charge is 2.03. The molecule has 1 atom stereocenters. The second-order valence-corrected chi connectivity index (χ2v) is 2.96. The lowest BCUT2D eigenvalue weighted by molar-refractivity contribution is 0.704. The van der Waals surface area contributed by atoms with E-state index in [1.807, 2.05) is 6.07 Å². The van der Waals surface area contributed by atoms with Gasteiger partial charge in [-0.1, -0.05) is 25.4 Å². The molecule has 0 saturated carbocycles. The summed E-state index contributed by atoms with van der Waals surface area (Å²) in [5.74, 6) is 0.468. The third kappa shape index (κ3) is 2.15. The molecule has 2 nitrogen and oxygen atoms in total. The van der Waals surface area contributed by atoms with Crippen LogP contribution in [0.1, 0.15) is 31.9 Å². The fraction of sp³-hybridized carbons (Fsp3) is 0.500. The maximum atomic E-state index is 5.69. The van der Waals surface area contributed by atoms with Gasteiger partial charge in [-0.2, -0.15) is 0 Å². The van der Waals surface area contributed by atoms with Gasteiger partial charge in [0.1, 0.15) is 11.5 Å². The number of hydrogen-bond donors (Lipinski definition) is 0. The zero-order valence-corrected chi connectivity index (χ0v) is 7.47. The monoisotopic (exact) mass is 170 g/mol. The van der Waals surface area contributed by atoms with E-state index in [0.717, 1.165) is 12.1 Å². The van der Waals surface area contributed by atoms with E-state index < -0.39 is 0 Å². The van der Waals surface area contributed by atoms with E-state index in [-0.39, 0.29) is 0 Å². The Balaban J connectivity index is 2.86. The van der Waals surface area contributed by atoms with Gasteiger partial charge in [0.25, 0.3) is 0 Å². The summed E-state index contributed by atoms with van der Waals surface area (Å²) in [6.07, 6.45) is 2.58. The van der Waals surface area contributed by atoms with Crippen LogP contribution in [0.5, 0.6) is 0 Å². The smallest absolute Gasteiger partial charge is 0.132 e. The Kier molecular flexibility index (Phi) is 2.83. The lowest BCUT2D eigenvalue weighted by Gasteiger charge is -2.05. The molecule has 0 spiro atoms. The molecule has 0 fully saturated rings. The molecule has 0 N–H and O–H groups in total. The quantitative estimate of drug-likeness (QED) is 0.638. The van der Waals surface area contributed by atoms with Crippen molar-refractivity contribution in [2.75, 3.05) is 0 Å². The SMILES string of the molecule is CC[C@H](C)c1cc(Cl)ncn1. The molecule has 0 aliphatic heterocycles. The van der Waals surface area contributed by atoms with Crippen molar-refractivity contribution in [3.05, 3.63) is 23.2 Å². The number of aromatic nitrogens is 2. The minimum Gasteiger partial charge on any atom is -0.241 e. The maximum Gasteiger partial charge on any atom is 0.132 e. The topological polar surface area (TPSA) is 25.8 Å². The molecular weight excluding hydrogens is 160 g/mol. The highest BCUT2D eigenvalue weighted by Crippen LogP contribution is 2.17. The number of halogens is 1. The van der Waals surface area contributed by atoms with E-state index in [4.69, 9.17) is 11.6 Å². The second-order valence-electron chi connectivity index (χ2n) is 2.57. The Bertz CT molecular complexity index is 237. The largest absolute Gasteiger partial charge is 0.241 e. The average molecular weight is 171 g/mol. The first-order chi connectivity index (χ1) is 5.24. The minimum atomic E-state index is 0.468. The molecule has 0 aliphatic carbocycles. The van der Waals surface area contributed by atoms with Crippen molar-refractivity contribution in [1.29, 1.82) is 0 Å². The normalized spacial score (nSPS) is 13.0. The summed E-state index contributed by atoms with van der Waals surface area (Å²) >= 11 is 5.69. The summed E-state index contributed by atoms with van der Waals surface area (Å²) in [6, 6.07) is 1.82. The van der Waals surface area contributed by atoms with E-state index in [0.29, 0.717) is 11.1 Å². The summed E-state index contributed by atoms with van der Waals surface area (Å²) < 4.78 is 0. The summed E-state index contributed by atoms with van der Waals surface area (Å²) in [7, 11) is 0. The number of hydrogen-bond acceptors (Lipinski definition) is 2. The predicted octanol–water partition coefficient (Wildman–Crippen LogP) is 2.64. The van der Waals surface area contributed by atoms with Gasteiger partial charge in [0.2, 0.25) is 0 Å². The zero-order chi connectivity index (χ0) is 8.27. The van der Waals surface area contributed by atoms with E-state index >= 15 is 0 Å². The Morgan fingerprint density at radius 1 is 1.55 bits per heavy atom. The number of rotatable bonds is 2. The van der Waals surface area contributed by atoms with Crippen LogP contribution < -0.4 is 0 Å². The van der Waals surface area contributed by atoms with Gasteiger partial charge in [-0.25, -0.2) is 9.97 Å². The third-order valence-corrected chi connectivity index (χ3v) is 1.98. The van der Waals surface area contributed by atoms with Crippen LogP contribution in [0.15, 0.2) is 12.4 Å². The number of nitrogens with zero attached hydrogens (tertiary/aromatic N) is 2. The molecule has 1 rings (SSSR count). The molecule has 60 valence electrons. The second kappa shape index (κ2) is 3.67. The molecule has 1 aromatic heterocycles. The molecule has 0 radical (unpaired) electrons. The van der Waals surface area contributed by atoms with Crippen LogP contribution in [-0.2, 0) is 0 Å². The van der Waals surface area contributed by atoms with Crippen LogP contribution in [0, 0.1) is 0 Å². The predicted molar refractivity (Wildman–Crippen MR) is 45.7 cm³/mol. The standard InChI is InChI=1S/C8H11ClN2/c1-3-6(2)7-4-8(9)11-5-10-7/h4-6H,3H2,1-2H3/t6-/m0/s1. The molecule has 1 aromatic rings. The molecule has 0 saturated heterocycles. The van der Waals surface area contributed by atoms with Gasteiger partial charge >= 0.3 is 0 Å². The fourth-order valence-electron chi connectivity index (χ4n) is 0.826. The first kappa shape index (κ1) is 8.47. The van der Waals surface area contributed by atoms with Crippen molar-refractivity contribution >= 4 is 11.6 Å². The first-order valence-corrected chi connectivity index (χ1v) is 4.09. The molecule has 0 aliphatic rings. The van der Waals surface area contributed by atoms with Crippen LogP contribution in [0.25, 0.3) is 0 Å². The van der Waals surface area contributed by atoms with Crippen molar-refractivity contribution < 1.29 is 0 Å². The molecule has 1 heterocycles. The maximum absolute atomic E-state index is 5.69. The van der Waals surface area contributed by atoms with Crippen molar-refractivity contribution in [2.24, 2.45) is 0 Å². The van der Waals surface area contributed by atoms with Gasteiger partial charge in [0.05, 0.1) is 0 Å². The van der Waals surface area contributed by atoms with Gasteiger partial charge in [-0.3, -0.25) is 0 Å². The highest BCUT2D eigenvalue weighted by atomic mass is 35.5.